The molecule has 0 spiro atoms. The fourth-order valence-electron chi connectivity index (χ4n) is 7.35. The van der Waals surface area contributed by atoms with Gasteiger partial charge in [0.1, 0.15) is 0 Å². The average molecular weight is 636 g/mol. The molecule has 0 amide bonds. The molecular weight excluding hydrogens is 611 g/mol. The maximum absolute atomic E-state index is 9.94. The molecule has 0 saturated heterocycles. The van der Waals surface area contributed by atoms with Gasteiger partial charge in [-0.25, -0.2) is 4.85 Å². The zero-order chi connectivity index (χ0) is 33.8. The summed E-state index contributed by atoms with van der Waals surface area (Å²) in [5, 5.41) is 23.8. The Bertz CT molecular complexity index is 2890. The summed E-state index contributed by atoms with van der Waals surface area (Å²) in [6.45, 7) is 8.14. The Morgan fingerprint density at radius 2 is 0.960 bits per heavy atom. The van der Waals surface area contributed by atoms with Crippen molar-refractivity contribution < 1.29 is 0 Å². The number of nitrogens with zero attached hydrogens (tertiary/aromatic N) is 5. The first-order valence-electron chi connectivity index (χ1n) is 16.3. The summed E-state index contributed by atoms with van der Waals surface area (Å²) in [5.41, 5.74) is 11.4. The van der Waals surface area contributed by atoms with E-state index in [4.69, 9.17) is 6.57 Å². The Morgan fingerprint density at radius 1 is 0.460 bits per heavy atom. The summed E-state index contributed by atoms with van der Waals surface area (Å²) in [5.74, 6) is 0. The lowest BCUT2D eigenvalue weighted by molar-refractivity contribution is 1.18. The first-order chi connectivity index (χ1) is 24.7. The molecule has 7 aromatic carbocycles. The van der Waals surface area contributed by atoms with E-state index in [1.165, 1.54) is 0 Å². The Morgan fingerprint density at radius 3 is 1.54 bits per heavy atom. The molecule has 50 heavy (non-hydrogen) atoms. The van der Waals surface area contributed by atoms with Crippen LogP contribution < -0.4 is 0 Å². The van der Waals surface area contributed by atoms with Crippen molar-refractivity contribution in [1.82, 2.24) is 9.13 Å². The Kier molecular flexibility index (Phi) is 6.56. The van der Waals surface area contributed by atoms with Crippen molar-refractivity contribution in [2.75, 3.05) is 0 Å². The second kappa shape index (κ2) is 11.4. The van der Waals surface area contributed by atoms with E-state index in [9.17, 15) is 10.5 Å². The lowest BCUT2D eigenvalue weighted by atomic mass is 9.96. The molecule has 9 aromatic rings. The van der Waals surface area contributed by atoms with Crippen LogP contribution in [-0.2, 0) is 0 Å². The Balaban J connectivity index is 1.15. The summed E-state index contributed by atoms with van der Waals surface area (Å²) in [4.78, 5) is 3.94. The van der Waals surface area contributed by atoms with E-state index in [-0.39, 0.29) is 0 Å². The summed E-state index contributed by atoms with van der Waals surface area (Å²) < 4.78 is 4.41. The van der Waals surface area contributed by atoms with Crippen molar-refractivity contribution >= 4 is 49.3 Å². The van der Waals surface area contributed by atoms with E-state index in [0.29, 0.717) is 16.8 Å². The standard InChI is InChI=1S/C45H25N5/c1-48-40-26-30(28-47)25-38(45(40)50-42-12-6-2-8-35(42)36-9-3-7-13-43(36)50)33-17-15-31(16-18-33)32-19-21-34(22-20-32)49-41-11-5-4-10-37(41)39-24-29(27-46)14-23-44(39)49/h2-26H. The second-order valence-electron chi connectivity index (χ2n) is 12.3. The van der Waals surface area contributed by atoms with E-state index >= 15 is 0 Å². The quantitative estimate of drug-likeness (QED) is 0.181. The summed E-state index contributed by atoms with van der Waals surface area (Å²) in [6.07, 6.45) is 0. The first-order valence-corrected chi connectivity index (χ1v) is 16.3. The van der Waals surface area contributed by atoms with Gasteiger partial charge in [-0.05, 0) is 82.9 Å². The van der Waals surface area contributed by atoms with E-state index in [0.717, 1.165) is 77.2 Å². The fraction of sp³-hybridized carbons (Fsp3) is 0. The van der Waals surface area contributed by atoms with Gasteiger partial charge in [-0.2, -0.15) is 10.5 Å². The molecule has 0 bridgehead atoms. The van der Waals surface area contributed by atoms with Crippen LogP contribution in [-0.4, -0.2) is 9.13 Å². The molecule has 0 aliphatic heterocycles. The molecule has 230 valence electrons. The molecule has 0 aliphatic carbocycles. The number of benzene rings is 7. The smallest absolute Gasteiger partial charge is 0.212 e. The highest BCUT2D eigenvalue weighted by molar-refractivity contribution is 6.11. The highest BCUT2D eigenvalue weighted by atomic mass is 15.0. The van der Waals surface area contributed by atoms with Gasteiger partial charge < -0.3 is 9.13 Å². The molecular formula is C45H25N5. The van der Waals surface area contributed by atoms with Gasteiger partial charge in [-0.1, -0.05) is 91.0 Å². The van der Waals surface area contributed by atoms with Gasteiger partial charge >= 0.3 is 0 Å². The number of fused-ring (bicyclic) bond motifs is 6. The van der Waals surface area contributed by atoms with E-state index in [2.05, 4.69) is 111 Å². The zero-order valence-corrected chi connectivity index (χ0v) is 26.7. The van der Waals surface area contributed by atoms with Crippen LogP contribution >= 0.6 is 0 Å². The molecule has 0 N–H and O–H groups in total. The van der Waals surface area contributed by atoms with Gasteiger partial charge in [0.25, 0.3) is 0 Å². The maximum Gasteiger partial charge on any atom is 0.212 e. The first kappa shape index (κ1) is 28.8. The number of hydrogen-bond donors (Lipinski definition) is 0. The molecule has 5 nitrogen and oxygen atoms in total. The van der Waals surface area contributed by atoms with Gasteiger partial charge in [0.2, 0.25) is 5.69 Å². The van der Waals surface area contributed by atoms with Crippen LogP contribution in [0.5, 0.6) is 0 Å². The van der Waals surface area contributed by atoms with Crippen LogP contribution in [0.4, 0.5) is 5.69 Å². The SMILES string of the molecule is [C-]#[N+]c1cc(C#N)cc(-c2ccc(-c3ccc(-n4c5ccccc5c5cc(C#N)ccc54)cc3)cc2)c1-n1c2ccccc2c2ccccc21. The minimum absolute atomic E-state index is 0.430. The van der Waals surface area contributed by atoms with Crippen molar-refractivity contribution in [3.8, 4) is 45.8 Å². The number of aromatic nitrogens is 2. The average Bonchev–Trinajstić information content (AvgIpc) is 3.70. The van der Waals surface area contributed by atoms with Gasteiger partial charge in [-0.15, -0.1) is 0 Å². The predicted octanol–water partition coefficient (Wildman–Crippen LogP) is 11.5. The molecule has 0 saturated carbocycles. The normalized spacial score (nSPS) is 11.1. The molecule has 0 aliphatic rings. The molecule has 0 unspecified atom stereocenters. The third-order valence-corrected chi connectivity index (χ3v) is 9.60. The third kappa shape index (κ3) is 4.38. The number of nitriles is 2. The lowest BCUT2D eigenvalue weighted by Gasteiger charge is -2.17. The lowest BCUT2D eigenvalue weighted by Crippen LogP contribution is -1.99. The molecule has 5 heteroatoms. The second-order valence-corrected chi connectivity index (χ2v) is 12.3. The minimum atomic E-state index is 0.430. The van der Waals surface area contributed by atoms with Gasteiger partial charge in [0.15, 0.2) is 0 Å². The number of para-hydroxylation sites is 3. The van der Waals surface area contributed by atoms with Crippen molar-refractivity contribution in [1.29, 1.82) is 10.5 Å². The fourth-order valence-corrected chi connectivity index (χ4v) is 7.35. The van der Waals surface area contributed by atoms with Crippen LogP contribution in [0, 0.1) is 29.2 Å². The monoisotopic (exact) mass is 635 g/mol. The van der Waals surface area contributed by atoms with Crippen LogP contribution in [0.2, 0.25) is 0 Å². The largest absolute Gasteiger partial charge is 0.318 e. The Hall–Kier alpha value is -7.39. The van der Waals surface area contributed by atoms with E-state index in [1.54, 1.807) is 6.07 Å². The minimum Gasteiger partial charge on any atom is -0.318 e. The van der Waals surface area contributed by atoms with Gasteiger partial charge in [0, 0.05) is 32.8 Å². The molecule has 0 atom stereocenters. The van der Waals surface area contributed by atoms with Crippen molar-refractivity contribution in [2.45, 2.75) is 0 Å². The molecule has 2 heterocycles. The van der Waals surface area contributed by atoms with E-state index < -0.39 is 0 Å². The molecule has 9 rings (SSSR count). The van der Waals surface area contributed by atoms with Crippen LogP contribution in [0.15, 0.2) is 152 Å². The summed E-state index contributed by atoms with van der Waals surface area (Å²) in [7, 11) is 0. The predicted molar refractivity (Wildman–Crippen MR) is 202 cm³/mol. The molecule has 0 fully saturated rings. The van der Waals surface area contributed by atoms with Gasteiger partial charge in [-0.3, -0.25) is 0 Å². The number of rotatable bonds is 4. The van der Waals surface area contributed by atoms with Crippen LogP contribution in [0.3, 0.4) is 0 Å². The summed E-state index contributed by atoms with van der Waals surface area (Å²) >= 11 is 0. The maximum atomic E-state index is 9.94. The third-order valence-electron chi connectivity index (χ3n) is 9.60. The highest BCUT2D eigenvalue weighted by Crippen LogP contribution is 2.42. The highest BCUT2D eigenvalue weighted by Gasteiger charge is 2.20. The van der Waals surface area contributed by atoms with Crippen molar-refractivity contribution in [2.24, 2.45) is 0 Å². The zero-order valence-electron chi connectivity index (χ0n) is 26.7. The van der Waals surface area contributed by atoms with Crippen molar-refractivity contribution in [3.63, 3.8) is 0 Å². The van der Waals surface area contributed by atoms with Gasteiger partial charge in [0.05, 0.1) is 52.0 Å². The topological polar surface area (TPSA) is 61.8 Å². The molecule has 0 radical (unpaired) electrons. The van der Waals surface area contributed by atoms with Crippen LogP contribution in [0.1, 0.15) is 11.1 Å². The van der Waals surface area contributed by atoms with E-state index in [1.807, 2.05) is 60.7 Å². The summed E-state index contributed by atoms with van der Waals surface area (Å²) in [6, 6.07) is 55.6. The number of hydrogen-bond acceptors (Lipinski definition) is 2. The Labute approximate surface area is 288 Å². The van der Waals surface area contributed by atoms with Crippen molar-refractivity contribution in [3.05, 3.63) is 174 Å². The molecule has 2 aromatic heterocycles. The van der Waals surface area contributed by atoms with Crippen LogP contribution in [0.25, 0.3) is 82.1 Å².